The van der Waals surface area contributed by atoms with E-state index in [4.69, 9.17) is 28.6 Å². The van der Waals surface area contributed by atoms with Crippen LogP contribution in [0.4, 0.5) is 0 Å². The Kier molecular flexibility index (Phi) is 7.88. The Bertz CT molecular complexity index is 1410. The van der Waals surface area contributed by atoms with Gasteiger partial charge in [-0.05, 0) is 36.8 Å². The molecule has 2 aromatic heterocycles. The third kappa shape index (κ3) is 7.18. The number of aromatic nitrogens is 3. The summed E-state index contributed by atoms with van der Waals surface area (Å²) in [6.07, 6.45) is 0. The van der Waals surface area contributed by atoms with Crippen molar-refractivity contribution in [2.45, 2.75) is 59.3 Å². The lowest BCUT2D eigenvalue weighted by Gasteiger charge is -2.23. The summed E-state index contributed by atoms with van der Waals surface area (Å²) >= 11 is 0. The number of fused-ring (bicyclic) bond motifs is 2. The smallest absolute Gasteiger partial charge is 0.263 e. The number of aryl methyl sites for hydroxylation is 1. The van der Waals surface area contributed by atoms with E-state index >= 15 is 0 Å². The van der Waals surface area contributed by atoms with Crippen molar-refractivity contribution in [3.8, 4) is 0 Å². The molecule has 0 saturated carbocycles. The van der Waals surface area contributed by atoms with Crippen molar-refractivity contribution in [3.05, 3.63) is 77.1 Å². The maximum atomic E-state index is 13.6. The fraction of sp³-hybridized carbons (Fsp3) is 0.333. The molecule has 0 radical (unpaired) electrons. The van der Waals surface area contributed by atoms with Gasteiger partial charge in [-0.25, -0.2) is 28.6 Å². The second kappa shape index (κ2) is 10.3. The van der Waals surface area contributed by atoms with Gasteiger partial charge in [0.25, 0.3) is 0 Å². The molecule has 2 aromatic carbocycles. The molecule has 9 nitrogen and oxygen atoms in total. The third-order valence-corrected chi connectivity index (χ3v) is 5.58. The van der Waals surface area contributed by atoms with Gasteiger partial charge >= 0.3 is 5.91 Å². The number of benzene rings is 2. The van der Waals surface area contributed by atoms with Crippen molar-refractivity contribution in [1.82, 2.24) is 9.97 Å². The molecule has 0 spiro atoms. The summed E-state index contributed by atoms with van der Waals surface area (Å²) in [6, 6.07) is 17.6. The minimum absolute atomic E-state index is 0.159. The van der Waals surface area contributed by atoms with Gasteiger partial charge in [0.15, 0.2) is 0 Å². The molecular formula is C27H31ClN4O5. The van der Waals surface area contributed by atoms with Gasteiger partial charge in [0.1, 0.15) is 5.52 Å². The molecule has 0 fully saturated rings. The van der Waals surface area contributed by atoms with Gasteiger partial charge in [0, 0.05) is 23.0 Å². The van der Waals surface area contributed by atoms with E-state index in [2.05, 4.69) is 66.0 Å². The molecule has 37 heavy (non-hydrogen) atoms. The van der Waals surface area contributed by atoms with Crippen LogP contribution >= 0.6 is 0 Å². The molecule has 2 heterocycles. The van der Waals surface area contributed by atoms with E-state index in [9.17, 15) is 4.79 Å². The summed E-state index contributed by atoms with van der Waals surface area (Å²) in [5.74, 6) is -0.204. The standard InChI is InChI=1S/C27H30N4O.ClHO4/c1-17-15-22(26(2,3)4)31(23(16-17)27(5,6)7)30-25(32)18-11-10-14-21-24(18)29-20-13-9-8-12-19(20)28-21;2-1(3,4)5/h8-16H,1-7H3;(H,2,3,4,5). The number of pyridine rings is 1. The second-order valence-corrected chi connectivity index (χ2v) is 11.6. The van der Waals surface area contributed by atoms with Crippen LogP contribution in [0.1, 0.15) is 68.9 Å². The summed E-state index contributed by atoms with van der Waals surface area (Å²) in [7, 11) is -4.94. The van der Waals surface area contributed by atoms with E-state index < -0.39 is 10.2 Å². The van der Waals surface area contributed by atoms with Crippen LogP contribution in [0.5, 0.6) is 0 Å². The van der Waals surface area contributed by atoms with E-state index in [1.165, 1.54) is 5.56 Å². The molecule has 196 valence electrons. The summed E-state index contributed by atoms with van der Waals surface area (Å²) in [5.41, 5.74) is 9.54. The van der Waals surface area contributed by atoms with Crippen LogP contribution in [0.25, 0.3) is 22.1 Å². The molecule has 0 bridgehead atoms. The maximum absolute atomic E-state index is 13.6. The minimum atomic E-state index is -4.94. The first-order valence-electron chi connectivity index (χ1n) is 11.6. The number of nitrogens with one attached hydrogen (secondary N) is 1. The monoisotopic (exact) mass is 526 g/mol. The topological polar surface area (TPSA) is 151 Å². The fourth-order valence-electron chi connectivity index (χ4n) is 3.94. The molecule has 4 aromatic rings. The summed E-state index contributed by atoms with van der Waals surface area (Å²) < 4.78 is 35.9. The highest BCUT2D eigenvalue weighted by molar-refractivity contribution is 6.08. The van der Waals surface area contributed by atoms with Crippen LogP contribution in [0.15, 0.2) is 54.6 Å². The van der Waals surface area contributed by atoms with Crippen LogP contribution in [0.2, 0.25) is 0 Å². The van der Waals surface area contributed by atoms with Crippen LogP contribution in [0, 0.1) is 17.2 Å². The molecule has 0 saturated heterocycles. The maximum Gasteiger partial charge on any atom is 0.307 e. The van der Waals surface area contributed by atoms with Gasteiger partial charge in [0.2, 0.25) is 11.4 Å². The largest absolute Gasteiger partial charge is 0.307 e. The highest BCUT2D eigenvalue weighted by atomic mass is 35.7. The van der Waals surface area contributed by atoms with Gasteiger partial charge in [-0.3, -0.25) is 4.79 Å². The number of rotatable bonds is 2. The third-order valence-electron chi connectivity index (χ3n) is 5.58. The van der Waals surface area contributed by atoms with Crippen LogP contribution in [-0.2, 0) is 10.8 Å². The van der Waals surface area contributed by atoms with E-state index in [1.54, 1.807) is 0 Å². The first-order valence-corrected chi connectivity index (χ1v) is 12.8. The lowest BCUT2D eigenvalue weighted by atomic mass is 9.86. The summed E-state index contributed by atoms with van der Waals surface area (Å²) in [5, 5.41) is 0. The van der Waals surface area contributed by atoms with Crippen LogP contribution in [-0.4, -0.2) is 15.9 Å². The van der Waals surface area contributed by atoms with Crippen molar-refractivity contribution in [2.24, 2.45) is 0 Å². The Morgan fingerprint density at radius 2 is 1.24 bits per heavy atom. The molecule has 0 aliphatic carbocycles. The normalized spacial score (nSPS) is 12.3. The first-order chi connectivity index (χ1) is 16.9. The number of nitrogens with zero attached hydrogens (tertiary/aromatic N) is 3. The molecule has 10 heteroatoms. The van der Waals surface area contributed by atoms with Crippen LogP contribution in [0.3, 0.4) is 0 Å². The number of carbonyl (C=O) groups is 1. The van der Waals surface area contributed by atoms with Crippen molar-refractivity contribution in [2.75, 3.05) is 5.43 Å². The SMILES string of the molecule is Cc1cc(C(C)(C)C)[n+](NC(=O)c2cccc3nc4ccccc4nc23)c(C(C)(C)C)c1.[O-][Cl+3]([O-])([O-])[O-]. The molecular weight excluding hydrogens is 496 g/mol. The molecule has 0 aliphatic heterocycles. The van der Waals surface area contributed by atoms with E-state index in [0.717, 1.165) is 22.4 Å². The Morgan fingerprint density at radius 3 is 1.73 bits per heavy atom. The molecule has 4 rings (SSSR count). The average molecular weight is 527 g/mol. The van der Waals surface area contributed by atoms with Gasteiger partial charge in [-0.2, -0.15) is 0 Å². The lowest BCUT2D eigenvalue weighted by Crippen LogP contribution is -2.68. The molecule has 0 aliphatic rings. The number of amides is 1. The van der Waals surface area contributed by atoms with Crippen molar-refractivity contribution < 1.29 is 38.3 Å². The Morgan fingerprint density at radius 1 is 0.784 bits per heavy atom. The minimum Gasteiger partial charge on any atom is -0.263 e. The zero-order valence-electron chi connectivity index (χ0n) is 22.0. The number of hydrogen-bond acceptors (Lipinski definition) is 7. The predicted molar refractivity (Wildman–Crippen MR) is 130 cm³/mol. The Labute approximate surface area is 218 Å². The highest BCUT2D eigenvalue weighted by Gasteiger charge is 2.35. The summed E-state index contributed by atoms with van der Waals surface area (Å²) in [4.78, 5) is 23.1. The Balaban J connectivity index is 0.000000695. The highest BCUT2D eigenvalue weighted by Crippen LogP contribution is 2.26. The van der Waals surface area contributed by atoms with Crippen molar-refractivity contribution in [3.63, 3.8) is 0 Å². The number of hydrogen-bond donors (Lipinski definition) is 1. The molecule has 1 amide bonds. The van der Waals surface area contributed by atoms with E-state index in [-0.39, 0.29) is 16.7 Å². The number of carbonyl (C=O) groups excluding carboxylic acids is 1. The predicted octanol–water partition coefficient (Wildman–Crippen LogP) is 0.602. The van der Waals surface area contributed by atoms with Crippen molar-refractivity contribution in [1.29, 1.82) is 0 Å². The molecule has 0 atom stereocenters. The summed E-state index contributed by atoms with van der Waals surface area (Å²) in [6.45, 7) is 15.1. The lowest BCUT2D eigenvalue weighted by molar-refractivity contribution is -2.00. The fourth-order valence-corrected chi connectivity index (χ4v) is 3.94. The zero-order chi connectivity index (χ0) is 27.8. The molecule has 0 unspecified atom stereocenters. The van der Waals surface area contributed by atoms with Gasteiger partial charge in [0.05, 0.1) is 22.1 Å². The first kappa shape index (κ1) is 28.4. The van der Waals surface area contributed by atoms with Gasteiger partial charge in [-0.15, -0.1) is 15.7 Å². The quantitative estimate of drug-likeness (QED) is 0.296. The van der Waals surface area contributed by atoms with E-state index in [0.29, 0.717) is 16.6 Å². The zero-order valence-corrected chi connectivity index (χ0v) is 22.7. The number of halogens is 1. The van der Waals surface area contributed by atoms with Gasteiger partial charge < -0.3 is 0 Å². The van der Waals surface area contributed by atoms with E-state index in [1.807, 2.05) is 47.1 Å². The average Bonchev–Trinajstić information content (AvgIpc) is 2.75. The molecule has 1 N–H and O–H groups in total. The Hall–Kier alpha value is -3.21. The van der Waals surface area contributed by atoms with Crippen LogP contribution < -0.4 is 28.7 Å². The van der Waals surface area contributed by atoms with Gasteiger partial charge in [-0.1, -0.05) is 64.4 Å². The second-order valence-electron chi connectivity index (χ2n) is 10.8. The van der Waals surface area contributed by atoms with Crippen molar-refractivity contribution >= 4 is 28.0 Å². The number of para-hydroxylation sites is 3.